The van der Waals surface area contributed by atoms with Crippen LogP contribution in [0.15, 0.2) is 45.3 Å². The minimum atomic E-state index is -1.08. The molecule has 2 aliphatic rings. The van der Waals surface area contributed by atoms with Crippen LogP contribution in [0.4, 0.5) is 0 Å². The van der Waals surface area contributed by atoms with Crippen molar-refractivity contribution in [1.29, 1.82) is 0 Å². The van der Waals surface area contributed by atoms with Gasteiger partial charge in [-0.05, 0) is 12.8 Å². The molecule has 0 heterocycles. The topological polar surface area (TPSA) is 9.23 Å². The van der Waals surface area contributed by atoms with Gasteiger partial charge in [-0.15, -0.1) is 0 Å². The molecule has 0 aromatic rings. The second-order valence-electron chi connectivity index (χ2n) is 4.17. The minimum Gasteiger partial charge on any atom is -0.630 e. The van der Waals surface area contributed by atoms with Gasteiger partial charge in [-0.25, -0.2) is 0 Å². The molecule has 2 rings (SSSR count). The molecule has 0 aromatic carbocycles. The summed E-state index contributed by atoms with van der Waals surface area (Å²) in [7, 11) is 0. The lowest BCUT2D eigenvalue weighted by molar-refractivity contribution is 0.608. The highest BCUT2D eigenvalue weighted by molar-refractivity contribution is 6.72. The first-order valence-electron chi connectivity index (χ1n) is 5.64. The van der Waals surface area contributed by atoms with Gasteiger partial charge in [0, 0.05) is 0 Å². The lowest BCUT2D eigenvalue weighted by atomic mass is 10.5. The molecule has 1 nitrogen and oxygen atoms in total. The summed E-state index contributed by atoms with van der Waals surface area (Å²) in [5.74, 6) is 4.62. The van der Waals surface area contributed by atoms with E-state index in [1.807, 2.05) is 0 Å². The van der Waals surface area contributed by atoms with Gasteiger partial charge in [0.1, 0.15) is 0 Å². The number of hydrogen-bond donors (Lipinski definition) is 0. The van der Waals surface area contributed by atoms with Crippen LogP contribution in [-0.4, -0.2) is 29.0 Å². The van der Waals surface area contributed by atoms with E-state index >= 15 is 0 Å². The fourth-order valence-corrected chi connectivity index (χ4v) is 7.56. The largest absolute Gasteiger partial charge is 0.630 e. The van der Waals surface area contributed by atoms with Gasteiger partial charge in [-0.2, -0.15) is 0 Å². The molecule has 0 aliphatic heterocycles. The van der Waals surface area contributed by atoms with Gasteiger partial charge in [0.05, 0.1) is 0 Å². The van der Waals surface area contributed by atoms with E-state index in [-0.39, 0.29) is 0 Å². The van der Waals surface area contributed by atoms with Gasteiger partial charge in [0.25, 0.3) is 0 Å². The van der Waals surface area contributed by atoms with Crippen molar-refractivity contribution in [3.63, 3.8) is 0 Å². The summed E-state index contributed by atoms with van der Waals surface area (Å²) in [6, 6.07) is 0. The van der Waals surface area contributed by atoms with Crippen LogP contribution in [0.25, 0.3) is 0 Å². The summed E-state index contributed by atoms with van der Waals surface area (Å²) in [6.07, 6.45) is 15.5. The molecule has 0 aromatic heterocycles. The van der Waals surface area contributed by atoms with Crippen LogP contribution in [0.2, 0.25) is 11.6 Å². The molecule has 0 amide bonds. The first kappa shape index (κ1) is 11.5. The molecular weight excluding hydrogens is 214 g/mol. The van der Waals surface area contributed by atoms with Crippen LogP contribution < -0.4 is 0 Å². The maximum Gasteiger partial charge on any atom is 0.464 e. The molecule has 0 radical (unpaired) electrons. The van der Waals surface area contributed by atoms with Gasteiger partial charge in [0.15, 0.2) is 0 Å². The smallest absolute Gasteiger partial charge is 0.464 e. The van der Waals surface area contributed by atoms with E-state index in [9.17, 15) is 0 Å². The second kappa shape index (κ2) is 5.35. The van der Waals surface area contributed by atoms with Crippen molar-refractivity contribution >= 4 is 29.0 Å². The van der Waals surface area contributed by atoms with E-state index in [0.717, 1.165) is 12.8 Å². The molecule has 0 unspecified atom stereocenters. The molecule has 0 atom stereocenters. The van der Waals surface area contributed by atoms with E-state index in [0.29, 0.717) is 0 Å². The maximum atomic E-state index is 6.28. The molecule has 3 heteroatoms. The summed E-state index contributed by atoms with van der Waals surface area (Å²) < 4.78 is 9.39. The quantitative estimate of drug-likeness (QED) is 0.674. The van der Waals surface area contributed by atoms with Crippen LogP contribution in [0.1, 0.15) is 12.8 Å². The average molecular weight is 230 g/mol. The van der Waals surface area contributed by atoms with Crippen molar-refractivity contribution in [2.24, 2.45) is 0 Å². The van der Waals surface area contributed by atoms with E-state index in [2.05, 4.69) is 48.0 Å². The third kappa shape index (κ3) is 2.98. The Morgan fingerprint density at radius 2 is 1.40 bits per heavy atom. The van der Waals surface area contributed by atoms with Crippen LogP contribution in [0.5, 0.6) is 0 Å². The predicted octanol–water partition coefficient (Wildman–Crippen LogP) is 3.10. The lowest BCUT2D eigenvalue weighted by Crippen LogP contribution is -2.27. The third-order valence-corrected chi connectivity index (χ3v) is 9.26. The van der Waals surface area contributed by atoms with E-state index in [1.54, 1.807) is 8.87 Å². The minimum absolute atomic E-state index is 1.08. The Balaban J connectivity index is 1.86. The maximum absolute atomic E-state index is 6.28. The van der Waals surface area contributed by atoms with Crippen molar-refractivity contribution in [2.45, 2.75) is 24.4 Å². The summed E-state index contributed by atoms with van der Waals surface area (Å²) in [4.78, 5) is 0. The lowest BCUT2D eigenvalue weighted by Gasteiger charge is -2.16. The Hall–Kier alpha value is -0.0151. The summed E-state index contributed by atoms with van der Waals surface area (Å²) in [6.45, 7) is 0. The number of hydrogen-bond acceptors (Lipinski definition) is 1. The number of allylic oxidation sites excluding steroid dienone is 8. The van der Waals surface area contributed by atoms with Crippen molar-refractivity contribution in [2.75, 3.05) is 0 Å². The molecule has 0 N–H and O–H groups in total. The van der Waals surface area contributed by atoms with Crippen molar-refractivity contribution in [1.82, 2.24) is 0 Å². The van der Waals surface area contributed by atoms with Crippen LogP contribution in [-0.2, 0) is 2.84 Å². The van der Waals surface area contributed by atoms with E-state index in [1.165, 1.54) is 0 Å². The number of rotatable bonds is 4. The average Bonchev–Trinajstić information content (AvgIpc) is 2.91. The van der Waals surface area contributed by atoms with Gasteiger partial charge < -0.3 is 2.84 Å². The van der Waals surface area contributed by atoms with Gasteiger partial charge in [-0.3, -0.25) is 0 Å². The highest BCUT2D eigenvalue weighted by Crippen LogP contribution is 2.19. The third-order valence-electron chi connectivity index (χ3n) is 3.05. The van der Waals surface area contributed by atoms with Crippen molar-refractivity contribution in [3.8, 4) is 0 Å². The summed E-state index contributed by atoms with van der Waals surface area (Å²) in [5.41, 5.74) is 0. The normalized spacial score (nSPS) is 18.0. The molecule has 15 heavy (non-hydrogen) atoms. The van der Waals surface area contributed by atoms with Gasteiger partial charge in [-0.1, -0.05) is 56.9 Å². The Morgan fingerprint density at radius 1 is 0.933 bits per heavy atom. The molecule has 0 spiro atoms. The Bertz CT molecular complexity index is 319. The summed E-state index contributed by atoms with van der Waals surface area (Å²) >= 11 is -2.15. The molecule has 2 aliphatic carbocycles. The molecule has 0 bridgehead atoms. The SMILES string of the molecule is [CH3][Al]([O][Al]([CH3])[C]1=CC=CC1)[C]1=CC=CC1. The Kier molecular flexibility index (Phi) is 4.09. The van der Waals surface area contributed by atoms with Gasteiger partial charge in [0.2, 0.25) is 0 Å². The van der Waals surface area contributed by atoms with Crippen molar-refractivity contribution in [3.05, 3.63) is 45.3 Å². The Morgan fingerprint density at radius 3 is 1.73 bits per heavy atom. The van der Waals surface area contributed by atoms with Crippen molar-refractivity contribution < 1.29 is 2.84 Å². The fourth-order valence-electron chi connectivity index (χ4n) is 2.01. The molecule has 76 valence electrons. The zero-order chi connectivity index (χ0) is 10.7. The van der Waals surface area contributed by atoms with E-state index in [4.69, 9.17) is 2.84 Å². The van der Waals surface area contributed by atoms with Crippen LogP contribution in [0, 0.1) is 0 Å². The fraction of sp³-hybridized carbons (Fsp3) is 0.333. The first-order valence-corrected chi connectivity index (χ1v) is 10.0. The highest BCUT2D eigenvalue weighted by Gasteiger charge is 2.27. The molecule has 0 saturated heterocycles. The van der Waals surface area contributed by atoms with E-state index < -0.39 is 29.0 Å². The zero-order valence-electron chi connectivity index (χ0n) is 9.44. The standard InChI is InChI=1S/2C5H5.2CH3.2Al.O/c2*1-2-4-5-3-1;;;;;/h2*1-3H,4H2;2*1H3;;;. The molecule has 0 saturated carbocycles. The van der Waals surface area contributed by atoms with Crippen LogP contribution >= 0.6 is 0 Å². The highest BCUT2D eigenvalue weighted by atomic mass is 27.3. The first-order chi connectivity index (χ1) is 7.27. The Labute approximate surface area is 101 Å². The zero-order valence-corrected chi connectivity index (χ0v) is 11.8. The molecular formula is C12H16Al2O. The summed E-state index contributed by atoms with van der Waals surface area (Å²) in [5, 5.41) is 0. The predicted molar refractivity (Wildman–Crippen MR) is 68.0 cm³/mol. The van der Waals surface area contributed by atoms with Crippen LogP contribution in [0.3, 0.4) is 0 Å². The van der Waals surface area contributed by atoms with Gasteiger partial charge >= 0.3 is 29.0 Å². The molecule has 0 fully saturated rings. The second-order valence-corrected chi connectivity index (χ2v) is 9.31. The monoisotopic (exact) mass is 230 g/mol.